The maximum absolute atomic E-state index is 11.5. The van der Waals surface area contributed by atoms with Crippen LogP contribution in [0, 0.1) is 12.8 Å². The number of nitrogens with zero attached hydrogens (tertiary/aromatic N) is 3. The monoisotopic (exact) mass is 501 g/mol. The molecular formula is C23H27N5O6S. The number of nitrogens with two attached hydrogens (primary N) is 1. The summed E-state index contributed by atoms with van der Waals surface area (Å²) in [7, 11) is -1.30. The zero-order chi connectivity index (χ0) is 24.8. The van der Waals surface area contributed by atoms with E-state index in [1.165, 1.54) is 0 Å². The smallest absolute Gasteiger partial charge is 0.317 e. The molecule has 3 aromatic heterocycles. The van der Waals surface area contributed by atoms with Gasteiger partial charge in [-0.15, -0.1) is 0 Å². The Morgan fingerprint density at radius 2 is 2.14 bits per heavy atom. The van der Waals surface area contributed by atoms with Crippen molar-refractivity contribution in [3.05, 3.63) is 41.9 Å². The van der Waals surface area contributed by atoms with Gasteiger partial charge in [-0.3, -0.25) is 5.32 Å². The third kappa shape index (κ3) is 4.56. The van der Waals surface area contributed by atoms with E-state index in [1.54, 1.807) is 25.4 Å². The van der Waals surface area contributed by atoms with Gasteiger partial charge in [-0.05, 0) is 12.5 Å². The molecule has 186 valence electrons. The SMILES string of the molecule is CO[C@]1(c2cc(OCC3CS(=O)(=O)C3)cc(-n3cc(C)c4cnc(NC(N)=O)cc43)n2)CCOC1. The molecule has 3 aromatic rings. The first-order chi connectivity index (χ1) is 16.7. The molecule has 2 aliphatic heterocycles. The molecule has 5 heterocycles. The molecule has 3 N–H and O–H groups in total. The molecule has 0 saturated carbocycles. The van der Waals surface area contributed by atoms with Gasteiger partial charge in [0.1, 0.15) is 23.0 Å². The molecule has 11 nitrogen and oxygen atoms in total. The summed E-state index contributed by atoms with van der Waals surface area (Å²) < 4.78 is 42.5. The molecule has 0 radical (unpaired) electrons. The molecule has 5 rings (SSSR count). The summed E-state index contributed by atoms with van der Waals surface area (Å²) in [6, 6.07) is 4.65. The summed E-state index contributed by atoms with van der Waals surface area (Å²) in [4.78, 5) is 20.5. The molecule has 0 aliphatic carbocycles. The van der Waals surface area contributed by atoms with Gasteiger partial charge in [0.25, 0.3) is 0 Å². The lowest BCUT2D eigenvalue weighted by atomic mass is 9.97. The summed E-state index contributed by atoms with van der Waals surface area (Å²) >= 11 is 0. The van der Waals surface area contributed by atoms with Crippen molar-refractivity contribution < 1.29 is 27.4 Å². The Morgan fingerprint density at radius 3 is 2.80 bits per heavy atom. The Balaban J connectivity index is 1.57. The third-order valence-corrected chi connectivity index (χ3v) is 8.44. The van der Waals surface area contributed by atoms with E-state index in [0.717, 1.165) is 16.5 Å². The van der Waals surface area contributed by atoms with E-state index in [0.29, 0.717) is 49.3 Å². The molecule has 12 heteroatoms. The van der Waals surface area contributed by atoms with Crippen LogP contribution in [0.5, 0.6) is 5.75 Å². The van der Waals surface area contributed by atoms with Crippen LogP contribution in [0.25, 0.3) is 16.7 Å². The van der Waals surface area contributed by atoms with Gasteiger partial charge in [0.15, 0.2) is 9.84 Å². The van der Waals surface area contributed by atoms with Crippen molar-refractivity contribution >= 4 is 32.6 Å². The van der Waals surface area contributed by atoms with Crippen molar-refractivity contribution in [2.24, 2.45) is 11.7 Å². The number of carbonyl (C=O) groups excluding carboxylic acids is 1. The Morgan fingerprint density at radius 1 is 1.34 bits per heavy atom. The maximum Gasteiger partial charge on any atom is 0.317 e. The Bertz CT molecular complexity index is 1380. The number of nitrogens with one attached hydrogen (secondary N) is 1. The number of hydrogen-bond acceptors (Lipinski definition) is 8. The van der Waals surface area contributed by atoms with Crippen LogP contribution in [0.1, 0.15) is 17.7 Å². The van der Waals surface area contributed by atoms with Crippen molar-refractivity contribution in [1.29, 1.82) is 0 Å². The highest BCUT2D eigenvalue weighted by atomic mass is 32.2. The van der Waals surface area contributed by atoms with Gasteiger partial charge in [-0.2, -0.15) is 0 Å². The van der Waals surface area contributed by atoms with Crippen molar-refractivity contribution in [3.8, 4) is 11.6 Å². The number of anilines is 1. The summed E-state index contributed by atoms with van der Waals surface area (Å²) in [5.74, 6) is 1.70. The lowest BCUT2D eigenvalue weighted by Crippen LogP contribution is -2.40. The molecule has 0 bridgehead atoms. The number of urea groups is 1. The van der Waals surface area contributed by atoms with Crippen LogP contribution < -0.4 is 15.8 Å². The number of primary amides is 1. The number of amides is 2. The number of aryl methyl sites for hydroxylation is 1. The van der Waals surface area contributed by atoms with Gasteiger partial charge in [0.05, 0.1) is 35.9 Å². The van der Waals surface area contributed by atoms with Gasteiger partial charge in [0, 0.05) is 62.0 Å². The number of rotatable bonds is 7. The van der Waals surface area contributed by atoms with Gasteiger partial charge >= 0.3 is 6.03 Å². The van der Waals surface area contributed by atoms with E-state index in [4.69, 9.17) is 24.9 Å². The zero-order valence-electron chi connectivity index (χ0n) is 19.5. The number of sulfone groups is 1. The highest BCUT2D eigenvalue weighted by Crippen LogP contribution is 2.36. The van der Waals surface area contributed by atoms with Gasteiger partial charge in [-0.25, -0.2) is 23.2 Å². The maximum atomic E-state index is 11.5. The fourth-order valence-corrected chi connectivity index (χ4v) is 6.12. The van der Waals surface area contributed by atoms with Gasteiger partial charge in [0.2, 0.25) is 0 Å². The highest BCUT2D eigenvalue weighted by Gasteiger charge is 2.39. The van der Waals surface area contributed by atoms with Crippen LogP contribution in [0.4, 0.5) is 10.6 Å². The molecular weight excluding hydrogens is 474 g/mol. The second kappa shape index (κ2) is 8.77. The number of methoxy groups -OCH3 is 1. The van der Waals surface area contributed by atoms with Crippen LogP contribution in [0.15, 0.2) is 30.6 Å². The number of ether oxygens (including phenoxy) is 3. The molecule has 2 fully saturated rings. The summed E-state index contributed by atoms with van der Waals surface area (Å²) in [6.07, 6.45) is 4.24. The van der Waals surface area contributed by atoms with Crippen molar-refractivity contribution in [1.82, 2.24) is 14.5 Å². The number of carbonyl (C=O) groups is 1. The van der Waals surface area contributed by atoms with Crippen molar-refractivity contribution in [2.45, 2.75) is 18.9 Å². The number of pyridine rings is 2. The topological polar surface area (TPSA) is 148 Å². The summed E-state index contributed by atoms with van der Waals surface area (Å²) in [6.45, 7) is 3.17. The van der Waals surface area contributed by atoms with E-state index in [-0.39, 0.29) is 17.4 Å². The average Bonchev–Trinajstić information content (AvgIpc) is 3.41. The van der Waals surface area contributed by atoms with Crippen molar-refractivity contribution in [2.75, 3.05) is 43.8 Å². The lowest BCUT2D eigenvalue weighted by molar-refractivity contribution is -0.0247. The predicted octanol–water partition coefficient (Wildman–Crippen LogP) is 1.90. The molecule has 0 aromatic carbocycles. The molecule has 0 unspecified atom stereocenters. The van der Waals surface area contributed by atoms with Crippen LogP contribution >= 0.6 is 0 Å². The number of aromatic nitrogens is 3. The van der Waals surface area contributed by atoms with Gasteiger partial charge < -0.3 is 24.5 Å². The van der Waals surface area contributed by atoms with E-state index in [9.17, 15) is 13.2 Å². The van der Waals surface area contributed by atoms with E-state index >= 15 is 0 Å². The molecule has 2 amide bonds. The van der Waals surface area contributed by atoms with Crippen LogP contribution in [0.3, 0.4) is 0 Å². The van der Waals surface area contributed by atoms with Gasteiger partial charge in [-0.1, -0.05) is 0 Å². The number of fused-ring (bicyclic) bond motifs is 1. The predicted molar refractivity (Wildman–Crippen MR) is 129 cm³/mol. The lowest BCUT2D eigenvalue weighted by Gasteiger charge is -2.28. The first-order valence-electron chi connectivity index (χ1n) is 11.2. The van der Waals surface area contributed by atoms with E-state index in [2.05, 4.69) is 10.3 Å². The van der Waals surface area contributed by atoms with Crippen LogP contribution in [-0.4, -0.2) is 67.4 Å². The number of hydrogen-bond donors (Lipinski definition) is 2. The zero-order valence-corrected chi connectivity index (χ0v) is 20.3. The Kier molecular flexibility index (Phi) is 5.90. The largest absolute Gasteiger partial charge is 0.493 e. The van der Waals surface area contributed by atoms with Crippen LogP contribution in [-0.2, 0) is 24.9 Å². The minimum absolute atomic E-state index is 0.0329. The normalized spacial score (nSPS) is 21.7. The molecule has 0 spiro atoms. The van der Waals surface area contributed by atoms with E-state index in [1.807, 2.05) is 23.8 Å². The average molecular weight is 502 g/mol. The fraction of sp³-hybridized carbons (Fsp3) is 0.435. The summed E-state index contributed by atoms with van der Waals surface area (Å²) in [5.41, 5.74) is 6.95. The summed E-state index contributed by atoms with van der Waals surface area (Å²) in [5, 5.41) is 3.39. The quantitative estimate of drug-likeness (QED) is 0.499. The second-order valence-electron chi connectivity index (χ2n) is 9.06. The molecule has 35 heavy (non-hydrogen) atoms. The molecule has 1 atom stereocenters. The molecule has 2 aliphatic rings. The Labute approximate surface area is 202 Å². The third-order valence-electron chi connectivity index (χ3n) is 6.48. The minimum atomic E-state index is -2.93. The highest BCUT2D eigenvalue weighted by molar-refractivity contribution is 7.92. The van der Waals surface area contributed by atoms with Crippen LogP contribution in [0.2, 0.25) is 0 Å². The van der Waals surface area contributed by atoms with Crippen molar-refractivity contribution in [3.63, 3.8) is 0 Å². The standard InChI is InChI=1S/C23H27N5O6S/c1-14-9-28(18-7-20(27-22(24)29)25-8-17(14)18)21-6-16(34-10-15-11-35(30,31)12-15)5-19(26-21)23(32-2)3-4-33-13-23/h5-9,15H,3-4,10-13H2,1-2H3,(H3,24,25,27,29)/t23-/m1/s1. The van der Waals surface area contributed by atoms with E-state index < -0.39 is 21.5 Å². The Hall–Kier alpha value is -3.22. The second-order valence-corrected chi connectivity index (χ2v) is 11.2. The first-order valence-corrected chi connectivity index (χ1v) is 13.0. The molecule has 2 saturated heterocycles. The fourth-order valence-electron chi connectivity index (χ4n) is 4.59. The minimum Gasteiger partial charge on any atom is -0.493 e. The first kappa shape index (κ1) is 23.5.